The molecule has 0 amide bonds. The first-order valence-corrected chi connectivity index (χ1v) is 16.1. The second-order valence-corrected chi connectivity index (χ2v) is 16.3. The van der Waals surface area contributed by atoms with Crippen LogP contribution in [0.5, 0.6) is 0 Å². The predicted molar refractivity (Wildman–Crippen MR) is 159 cm³/mol. The van der Waals surface area contributed by atoms with Gasteiger partial charge in [-0.25, -0.2) is 0 Å². The van der Waals surface area contributed by atoms with Gasteiger partial charge in [0.05, 0.1) is 11.9 Å². The van der Waals surface area contributed by atoms with Crippen LogP contribution in [0, 0.1) is 45.8 Å². The Bertz CT molecular complexity index is 958. The molecule has 3 fully saturated rings. The van der Waals surface area contributed by atoms with Crippen LogP contribution < -0.4 is 0 Å². The normalized spacial score (nSPS) is 39.5. The first-order valence-electron chi connectivity index (χ1n) is 15.2. The zero-order valence-electron chi connectivity index (χ0n) is 26.0. The van der Waals surface area contributed by atoms with Crippen LogP contribution in [0.15, 0.2) is 12.7 Å². The highest BCUT2D eigenvalue weighted by Crippen LogP contribution is 2.68. The molecule has 5 nitrogen and oxygen atoms in total. The second kappa shape index (κ2) is 11.6. The maximum absolute atomic E-state index is 13.5. The summed E-state index contributed by atoms with van der Waals surface area (Å²) >= 11 is 1.53. The van der Waals surface area contributed by atoms with E-state index in [1.54, 1.807) is 0 Å². The monoisotopic (exact) mass is 562 g/mol. The van der Waals surface area contributed by atoms with Crippen molar-refractivity contribution in [3.05, 3.63) is 12.7 Å². The number of hydrogen-bond donors (Lipinski definition) is 1. The zero-order chi connectivity index (χ0) is 29.6. The number of aliphatic hydroxyl groups excluding tert-OH is 1. The molecule has 6 heteroatoms. The van der Waals surface area contributed by atoms with Crippen molar-refractivity contribution >= 4 is 29.3 Å². The highest BCUT2D eigenvalue weighted by Gasteiger charge is 2.68. The van der Waals surface area contributed by atoms with Gasteiger partial charge in [-0.1, -0.05) is 68.4 Å². The fraction of sp³-hybridized carbons (Fsp3) is 0.848. The third kappa shape index (κ3) is 5.94. The van der Waals surface area contributed by atoms with Crippen molar-refractivity contribution in [1.82, 2.24) is 0 Å². The van der Waals surface area contributed by atoms with Gasteiger partial charge in [-0.15, -0.1) is 18.3 Å². The molecule has 0 saturated heterocycles. The third-order valence-electron chi connectivity index (χ3n) is 11.6. The van der Waals surface area contributed by atoms with E-state index in [1.807, 2.05) is 19.9 Å². The van der Waals surface area contributed by atoms with Gasteiger partial charge >= 0.3 is 5.97 Å². The Kier molecular flexibility index (Phi) is 9.65. The predicted octanol–water partition coefficient (Wildman–Crippen LogP) is 7.05. The number of rotatable bonds is 10. The van der Waals surface area contributed by atoms with Crippen molar-refractivity contribution in [2.45, 2.75) is 124 Å². The van der Waals surface area contributed by atoms with Gasteiger partial charge in [0.25, 0.3) is 0 Å². The van der Waals surface area contributed by atoms with Crippen molar-refractivity contribution in [3.63, 3.8) is 0 Å². The molecule has 3 aliphatic carbocycles. The lowest BCUT2D eigenvalue weighted by Gasteiger charge is -2.61. The molecule has 0 radical (unpaired) electrons. The molecular weight excluding hydrogens is 508 g/mol. The lowest BCUT2D eigenvalue weighted by atomic mass is 9.44. The minimum absolute atomic E-state index is 0.0379. The molecule has 0 spiro atoms. The summed E-state index contributed by atoms with van der Waals surface area (Å²) in [7, 11) is 0. The molecule has 0 aromatic rings. The summed E-state index contributed by atoms with van der Waals surface area (Å²) in [6.07, 6.45) is 5.55. The van der Waals surface area contributed by atoms with Crippen molar-refractivity contribution < 1.29 is 24.2 Å². The quantitative estimate of drug-likeness (QED) is 0.227. The SMILES string of the molecule is C=C[C@]1(C)C[C@@H](OC(=O)CSC(C)(C)CCC(=O)C(C)C(C)C)[C@]2(C)[C@H](C)CC[C@]3(CCC(=O)[C@H]32)[C@@H](C)[C@@H]1O. The molecule has 3 saturated carbocycles. The van der Waals surface area contributed by atoms with Gasteiger partial charge in [0, 0.05) is 40.3 Å². The van der Waals surface area contributed by atoms with Crippen LogP contribution in [0.4, 0.5) is 0 Å². The first kappa shape index (κ1) is 32.4. The van der Waals surface area contributed by atoms with E-state index in [-0.39, 0.29) is 57.1 Å². The molecule has 1 N–H and O–H groups in total. The van der Waals surface area contributed by atoms with E-state index in [1.165, 1.54) is 11.8 Å². The minimum atomic E-state index is -0.665. The van der Waals surface area contributed by atoms with Gasteiger partial charge in [0.15, 0.2) is 0 Å². The molecule has 0 aromatic carbocycles. The molecule has 1 unspecified atom stereocenters. The molecular formula is C33H54O5S. The van der Waals surface area contributed by atoms with Crippen molar-refractivity contribution in [2.75, 3.05) is 5.75 Å². The molecule has 222 valence electrons. The smallest absolute Gasteiger partial charge is 0.316 e. The third-order valence-corrected chi connectivity index (χ3v) is 13.0. The lowest BCUT2D eigenvalue weighted by Crippen LogP contribution is -2.63. The van der Waals surface area contributed by atoms with E-state index in [0.717, 1.165) is 19.3 Å². The fourth-order valence-electron chi connectivity index (χ4n) is 8.04. The van der Waals surface area contributed by atoms with Gasteiger partial charge in [-0.3, -0.25) is 14.4 Å². The molecule has 39 heavy (non-hydrogen) atoms. The number of carbonyl (C=O) groups excluding carboxylic acids is 3. The molecule has 9 atom stereocenters. The molecule has 0 heterocycles. The second-order valence-electron chi connectivity index (χ2n) is 14.6. The van der Waals surface area contributed by atoms with Gasteiger partial charge in [0.1, 0.15) is 17.7 Å². The van der Waals surface area contributed by atoms with E-state index < -0.39 is 23.0 Å². The van der Waals surface area contributed by atoms with Crippen molar-refractivity contribution in [3.8, 4) is 0 Å². The average molecular weight is 563 g/mol. The maximum atomic E-state index is 13.5. The summed E-state index contributed by atoms with van der Waals surface area (Å²) in [5, 5.41) is 11.7. The Morgan fingerprint density at radius 1 is 1.21 bits per heavy atom. The lowest BCUT2D eigenvalue weighted by molar-refractivity contribution is -0.205. The zero-order valence-corrected chi connectivity index (χ0v) is 26.8. The van der Waals surface area contributed by atoms with E-state index in [4.69, 9.17) is 4.74 Å². The molecule has 2 bridgehead atoms. The molecule has 0 aromatic heterocycles. The molecule has 0 aliphatic heterocycles. The van der Waals surface area contributed by atoms with Crippen LogP contribution in [0.25, 0.3) is 0 Å². The number of hydrogen-bond acceptors (Lipinski definition) is 6. The van der Waals surface area contributed by atoms with Gasteiger partial charge in [0.2, 0.25) is 0 Å². The van der Waals surface area contributed by atoms with Gasteiger partial charge in [-0.2, -0.15) is 0 Å². The summed E-state index contributed by atoms with van der Waals surface area (Å²) < 4.78 is 6.13. The van der Waals surface area contributed by atoms with Crippen molar-refractivity contribution in [1.29, 1.82) is 0 Å². The number of ketones is 2. The van der Waals surface area contributed by atoms with E-state index in [0.29, 0.717) is 31.6 Å². The average Bonchev–Trinajstić information content (AvgIpc) is 3.24. The van der Waals surface area contributed by atoms with E-state index in [2.05, 4.69) is 55.0 Å². The number of esters is 1. The number of carbonyl (C=O) groups is 3. The molecule has 3 rings (SSSR count). The summed E-state index contributed by atoms with van der Waals surface area (Å²) in [5.74, 6) is 0.754. The van der Waals surface area contributed by atoms with Crippen LogP contribution in [-0.2, 0) is 19.1 Å². The Balaban J connectivity index is 1.82. The summed E-state index contributed by atoms with van der Waals surface area (Å²) in [5.41, 5.74) is -1.41. The minimum Gasteiger partial charge on any atom is -0.461 e. The topological polar surface area (TPSA) is 80.7 Å². The highest BCUT2D eigenvalue weighted by molar-refractivity contribution is 8.01. The Morgan fingerprint density at radius 2 is 1.85 bits per heavy atom. The van der Waals surface area contributed by atoms with E-state index >= 15 is 0 Å². The number of thioether (sulfide) groups is 1. The Hall–Kier alpha value is -1.14. The highest BCUT2D eigenvalue weighted by atomic mass is 32.2. The Morgan fingerprint density at radius 3 is 2.44 bits per heavy atom. The first-order chi connectivity index (χ1) is 17.9. The number of aliphatic hydroxyl groups is 1. The summed E-state index contributed by atoms with van der Waals surface area (Å²) in [6, 6.07) is 0. The summed E-state index contributed by atoms with van der Waals surface area (Å²) in [6.45, 7) is 22.9. The van der Waals surface area contributed by atoms with E-state index in [9.17, 15) is 19.5 Å². The standard InChI is InChI=1S/C33H54O5S/c1-11-31(9)18-26(38-27(36)19-39-30(7,8)15-13-24(34)22(5)20(2)3)32(10)21(4)12-16-33(23(6)29(31)37)17-14-25(35)28(32)33/h11,20-23,26,28-29,37H,1,12-19H2,2-10H3/t21-,22?,23+,26-,28+,29+,31-,32+,33+/m1/s1. The number of Topliss-reactive ketones (excluding diaryl/α,β-unsaturated/α-hetero) is 2. The van der Waals surface area contributed by atoms with Crippen molar-refractivity contribution in [2.24, 2.45) is 45.8 Å². The van der Waals surface area contributed by atoms with Crippen LogP contribution >= 0.6 is 11.8 Å². The van der Waals surface area contributed by atoms with Crippen LogP contribution in [-0.4, -0.2) is 45.4 Å². The van der Waals surface area contributed by atoms with Gasteiger partial charge in [-0.05, 0) is 55.3 Å². The largest absolute Gasteiger partial charge is 0.461 e. The number of ether oxygens (including phenoxy) is 1. The van der Waals surface area contributed by atoms with Crippen LogP contribution in [0.2, 0.25) is 0 Å². The molecule has 3 aliphatic rings. The Labute approximate surface area is 241 Å². The van der Waals surface area contributed by atoms with Crippen LogP contribution in [0.1, 0.15) is 107 Å². The van der Waals surface area contributed by atoms with Crippen LogP contribution in [0.3, 0.4) is 0 Å². The fourth-order valence-corrected chi connectivity index (χ4v) is 8.87. The summed E-state index contributed by atoms with van der Waals surface area (Å²) in [4.78, 5) is 39.5. The maximum Gasteiger partial charge on any atom is 0.316 e. The van der Waals surface area contributed by atoms with Gasteiger partial charge < -0.3 is 9.84 Å².